The van der Waals surface area contributed by atoms with E-state index in [-0.39, 0.29) is 17.8 Å². The summed E-state index contributed by atoms with van der Waals surface area (Å²) in [6.07, 6.45) is 3.05. The summed E-state index contributed by atoms with van der Waals surface area (Å²) in [6, 6.07) is 0. The third kappa shape index (κ3) is 5.72. The minimum absolute atomic E-state index is 0.0737. The fourth-order valence-corrected chi connectivity index (χ4v) is 1.82. The number of hydrogen-bond donors (Lipinski definition) is 1. The van der Waals surface area contributed by atoms with Crippen molar-refractivity contribution in [3.05, 3.63) is 5.82 Å². The molecule has 0 amide bonds. The van der Waals surface area contributed by atoms with Crippen molar-refractivity contribution in [1.29, 1.82) is 0 Å². The molecule has 0 unspecified atom stereocenters. The molecule has 0 saturated carbocycles. The summed E-state index contributed by atoms with van der Waals surface area (Å²) in [7, 11) is 0. The van der Waals surface area contributed by atoms with E-state index in [1.165, 1.54) is 11.8 Å². The lowest BCUT2D eigenvalue weighted by atomic mass is 10.2. The first-order chi connectivity index (χ1) is 8.11. The maximum Gasteiger partial charge on any atom is 0.316 e. The summed E-state index contributed by atoms with van der Waals surface area (Å²) in [5.74, 6) is 0.903. The zero-order valence-corrected chi connectivity index (χ0v) is 11.3. The van der Waals surface area contributed by atoms with Crippen molar-refractivity contribution in [1.82, 2.24) is 15.2 Å². The third-order valence-corrected chi connectivity index (χ3v) is 2.79. The first-order valence-electron chi connectivity index (χ1n) is 5.85. The number of ether oxygens (including phenoxy) is 1. The lowest BCUT2D eigenvalue weighted by Crippen LogP contribution is -2.13. The number of H-pyrrole nitrogens is 1. The van der Waals surface area contributed by atoms with Crippen molar-refractivity contribution < 1.29 is 9.53 Å². The molecule has 1 aromatic heterocycles. The summed E-state index contributed by atoms with van der Waals surface area (Å²) in [4.78, 5) is 15.6. The largest absolute Gasteiger partial charge is 0.462 e. The van der Waals surface area contributed by atoms with E-state index in [0.717, 1.165) is 25.1 Å². The van der Waals surface area contributed by atoms with Crippen molar-refractivity contribution in [2.24, 2.45) is 0 Å². The summed E-state index contributed by atoms with van der Waals surface area (Å²) in [6.45, 7) is 5.80. The van der Waals surface area contributed by atoms with E-state index in [4.69, 9.17) is 4.74 Å². The molecule has 0 fully saturated rings. The van der Waals surface area contributed by atoms with E-state index in [9.17, 15) is 4.79 Å². The van der Waals surface area contributed by atoms with Gasteiger partial charge in [-0.25, -0.2) is 4.98 Å². The van der Waals surface area contributed by atoms with Crippen LogP contribution in [0.1, 0.15) is 39.4 Å². The fourth-order valence-electron chi connectivity index (χ4n) is 1.22. The van der Waals surface area contributed by atoms with Gasteiger partial charge in [0.05, 0.1) is 11.9 Å². The minimum Gasteiger partial charge on any atom is -0.462 e. The molecule has 0 aliphatic carbocycles. The molecule has 1 heterocycles. The monoisotopic (exact) mass is 257 g/mol. The zero-order chi connectivity index (χ0) is 12.7. The Kier molecular flexibility index (Phi) is 6.04. The molecule has 5 nitrogen and oxygen atoms in total. The van der Waals surface area contributed by atoms with Crippen LogP contribution in [0.25, 0.3) is 0 Å². The Bertz CT molecular complexity index is 352. The number of carbonyl (C=O) groups is 1. The topological polar surface area (TPSA) is 67.9 Å². The lowest BCUT2D eigenvalue weighted by molar-refractivity contribution is -0.144. The van der Waals surface area contributed by atoms with E-state index < -0.39 is 0 Å². The molecule has 0 aliphatic heterocycles. The van der Waals surface area contributed by atoms with Crippen LogP contribution in [0.2, 0.25) is 0 Å². The van der Waals surface area contributed by atoms with Crippen molar-refractivity contribution in [3.8, 4) is 0 Å². The molecule has 0 saturated heterocycles. The average molecular weight is 257 g/mol. The molecule has 0 bridgehead atoms. The molecule has 0 atom stereocenters. The van der Waals surface area contributed by atoms with Gasteiger partial charge in [-0.1, -0.05) is 25.1 Å². The van der Waals surface area contributed by atoms with Gasteiger partial charge in [-0.2, -0.15) is 0 Å². The van der Waals surface area contributed by atoms with Gasteiger partial charge in [0.15, 0.2) is 0 Å². The molecule has 6 heteroatoms. The zero-order valence-electron chi connectivity index (χ0n) is 10.5. The summed E-state index contributed by atoms with van der Waals surface area (Å²) in [5, 5.41) is 7.52. The normalized spacial score (nSPS) is 10.8. The summed E-state index contributed by atoms with van der Waals surface area (Å²) in [5.41, 5.74) is 0. The van der Waals surface area contributed by atoms with Gasteiger partial charge in [0.25, 0.3) is 0 Å². The van der Waals surface area contributed by atoms with E-state index >= 15 is 0 Å². The van der Waals surface area contributed by atoms with Crippen molar-refractivity contribution in [3.63, 3.8) is 0 Å². The van der Waals surface area contributed by atoms with Crippen LogP contribution in [0.5, 0.6) is 0 Å². The highest BCUT2D eigenvalue weighted by Crippen LogP contribution is 2.13. The number of aryl methyl sites for hydroxylation is 1. The van der Waals surface area contributed by atoms with Crippen LogP contribution in [0, 0.1) is 0 Å². The van der Waals surface area contributed by atoms with Gasteiger partial charge in [-0.15, -0.1) is 5.10 Å². The van der Waals surface area contributed by atoms with Gasteiger partial charge in [-0.3, -0.25) is 9.89 Å². The summed E-state index contributed by atoms with van der Waals surface area (Å²) < 4.78 is 5.02. The maximum atomic E-state index is 11.3. The van der Waals surface area contributed by atoms with Gasteiger partial charge >= 0.3 is 5.97 Å². The molecule has 1 N–H and O–H groups in total. The third-order valence-electron chi connectivity index (χ3n) is 1.96. The SMILES string of the molecule is CCCCc1nc(SCC(=O)OC(C)C)n[nH]1. The van der Waals surface area contributed by atoms with Gasteiger partial charge in [0.1, 0.15) is 5.82 Å². The molecule has 0 aliphatic rings. The first-order valence-corrected chi connectivity index (χ1v) is 6.84. The smallest absolute Gasteiger partial charge is 0.316 e. The van der Waals surface area contributed by atoms with Gasteiger partial charge in [-0.05, 0) is 20.3 Å². The lowest BCUT2D eigenvalue weighted by Gasteiger charge is -2.05. The number of aromatic amines is 1. The van der Waals surface area contributed by atoms with Gasteiger partial charge in [0, 0.05) is 6.42 Å². The number of rotatable bonds is 7. The standard InChI is InChI=1S/C11H19N3O2S/c1-4-5-6-9-12-11(14-13-9)17-7-10(15)16-8(2)3/h8H,4-7H2,1-3H3,(H,12,13,14). The van der Waals surface area contributed by atoms with Crippen molar-refractivity contribution in [2.45, 2.75) is 51.3 Å². The van der Waals surface area contributed by atoms with Crippen LogP contribution in [-0.4, -0.2) is 33.0 Å². The van der Waals surface area contributed by atoms with Crippen LogP contribution in [0.15, 0.2) is 5.16 Å². The van der Waals surface area contributed by atoms with E-state index in [1.807, 2.05) is 13.8 Å². The number of esters is 1. The quantitative estimate of drug-likeness (QED) is 0.599. The molecule has 96 valence electrons. The second-order valence-electron chi connectivity index (χ2n) is 4.00. The number of aromatic nitrogens is 3. The van der Waals surface area contributed by atoms with Crippen molar-refractivity contribution in [2.75, 3.05) is 5.75 Å². The molecule has 17 heavy (non-hydrogen) atoms. The minimum atomic E-state index is -0.232. The van der Waals surface area contributed by atoms with Crippen LogP contribution in [0.3, 0.4) is 0 Å². The van der Waals surface area contributed by atoms with Crippen LogP contribution in [0.4, 0.5) is 0 Å². The predicted molar refractivity (Wildman–Crippen MR) is 66.9 cm³/mol. The van der Waals surface area contributed by atoms with Crippen LogP contribution in [-0.2, 0) is 16.0 Å². The molecule has 0 radical (unpaired) electrons. The fraction of sp³-hybridized carbons (Fsp3) is 0.727. The number of unbranched alkanes of at least 4 members (excludes halogenated alkanes) is 1. The predicted octanol–water partition coefficient (Wildman–Crippen LogP) is 2.19. The highest BCUT2D eigenvalue weighted by atomic mass is 32.2. The Morgan fingerprint density at radius 3 is 2.94 bits per heavy atom. The van der Waals surface area contributed by atoms with E-state index in [0.29, 0.717) is 5.16 Å². The molecule has 0 spiro atoms. The Hall–Kier alpha value is -1.04. The first kappa shape index (κ1) is 14.0. The highest BCUT2D eigenvalue weighted by Gasteiger charge is 2.09. The maximum absolute atomic E-state index is 11.3. The van der Waals surface area contributed by atoms with E-state index in [1.54, 1.807) is 0 Å². The second-order valence-corrected chi connectivity index (χ2v) is 4.94. The Balaban J connectivity index is 2.31. The Morgan fingerprint density at radius 1 is 1.53 bits per heavy atom. The molecule has 1 aromatic rings. The Labute approximate surface area is 106 Å². The molecular formula is C11H19N3O2S. The van der Waals surface area contributed by atoms with Crippen LogP contribution >= 0.6 is 11.8 Å². The van der Waals surface area contributed by atoms with Gasteiger partial charge < -0.3 is 4.74 Å². The van der Waals surface area contributed by atoms with Crippen LogP contribution < -0.4 is 0 Å². The average Bonchev–Trinajstić information content (AvgIpc) is 2.70. The summed E-state index contributed by atoms with van der Waals surface area (Å²) >= 11 is 1.30. The number of nitrogens with one attached hydrogen (secondary N) is 1. The number of hydrogen-bond acceptors (Lipinski definition) is 5. The van der Waals surface area contributed by atoms with Gasteiger partial charge in [0.2, 0.25) is 5.16 Å². The molecular weight excluding hydrogens is 238 g/mol. The van der Waals surface area contributed by atoms with Crippen molar-refractivity contribution >= 4 is 17.7 Å². The van der Waals surface area contributed by atoms with E-state index in [2.05, 4.69) is 22.1 Å². The molecule has 0 aromatic carbocycles. The second kappa shape index (κ2) is 7.32. The number of nitrogens with zero attached hydrogens (tertiary/aromatic N) is 2. The number of thioether (sulfide) groups is 1. The Morgan fingerprint density at radius 2 is 2.29 bits per heavy atom. The number of carbonyl (C=O) groups excluding carboxylic acids is 1. The molecule has 1 rings (SSSR count). The highest BCUT2D eigenvalue weighted by molar-refractivity contribution is 7.99.